The van der Waals surface area contributed by atoms with Crippen LogP contribution in [0.2, 0.25) is 0 Å². The van der Waals surface area contributed by atoms with Crippen molar-refractivity contribution < 1.29 is 14.6 Å². The van der Waals surface area contributed by atoms with Gasteiger partial charge in [-0.25, -0.2) is 4.79 Å². The van der Waals surface area contributed by atoms with Crippen LogP contribution < -0.4 is 5.56 Å². The summed E-state index contributed by atoms with van der Waals surface area (Å²) in [5, 5.41) is 9.60. The first-order valence-corrected chi connectivity index (χ1v) is 5.06. The maximum absolute atomic E-state index is 11.9. The zero-order valence-corrected chi connectivity index (χ0v) is 9.69. The molecule has 0 aromatic carbocycles. The molecule has 1 rings (SSSR count). The zero-order valence-electron chi connectivity index (χ0n) is 9.69. The lowest BCUT2D eigenvalue weighted by Crippen LogP contribution is -2.28. The molecule has 5 nitrogen and oxygen atoms in total. The molecule has 0 spiro atoms. The predicted molar refractivity (Wildman–Crippen MR) is 61.9 cm³/mol. The maximum atomic E-state index is 11.9. The molecule has 90 valence electrons. The van der Waals surface area contributed by atoms with Crippen LogP contribution in [-0.2, 0) is 11.3 Å². The second kappa shape index (κ2) is 5.21. The van der Waals surface area contributed by atoms with Gasteiger partial charge >= 0.3 is 5.97 Å². The fraction of sp³-hybridized carbons (Fsp3) is 0.333. The Morgan fingerprint density at radius 1 is 1.65 bits per heavy atom. The minimum atomic E-state index is -0.847. The van der Waals surface area contributed by atoms with E-state index in [0.29, 0.717) is 5.69 Å². The van der Waals surface area contributed by atoms with E-state index in [9.17, 15) is 14.7 Å². The van der Waals surface area contributed by atoms with Crippen LogP contribution in [-0.4, -0.2) is 22.2 Å². The average molecular weight is 235 g/mol. The van der Waals surface area contributed by atoms with Crippen molar-refractivity contribution in [2.45, 2.75) is 20.4 Å². The second-order valence-electron chi connectivity index (χ2n) is 3.36. The highest BCUT2D eigenvalue weighted by Gasteiger charge is 2.20. The molecule has 0 unspecified atom stereocenters. The van der Waals surface area contributed by atoms with E-state index in [4.69, 9.17) is 11.2 Å². The van der Waals surface area contributed by atoms with Crippen LogP contribution >= 0.6 is 0 Å². The SMILES string of the molecule is C#CCn1c(C)cc(O)c(C(=O)OCC)c1=O. The monoisotopic (exact) mass is 235 g/mol. The molecule has 0 saturated carbocycles. The number of carbonyl (C=O) groups excluding carboxylic acids is 1. The van der Waals surface area contributed by atoms with Crippen molar-refractivity contribution in [3.05, 3.63) is 27.7 Å². The van der Waals surface area contributed by atoms with Gasteiger partial charge in [0.25, 0.3) is 5.56 Å². The number of ether oxygens (including phenoxy) is 1. The van der Waals surface area contributed by atoms with Gasteiger partial charge in [-0.1, -0.05) is 5.92 Å². The van der Waals surface area contributed by atoms with Gasteiger partial charge in [0, 0.05) is 11.8 Å². The number of carbonyl (C=O) groups is 1. The first-order valence-electron chi connectivity index (χ1n) is 5.06. The molecule has 0 atom stereocenters. The number of pyridine rings is 1. The second-order valence-corrected chi connectivity index (χ2v) is 3.36. The van der Waals surface area contributed by atoms with Gasteiger partial charge in [0.1, 0.15) is 5.75 Å². The Hall–Kier alpha value is -2.22. The lowest BCUT2D eigenvalue weighted by molar-refractivity contribution is 0.0520. The number of esters is 1. The summed E-state index contributed by atoms with van der Waals surface area (Å²) in [6.45, 7) is 3.40. The third-order valence-electron chi connectivity index (χ3n) is 2.22. The van der Waals surface area contributed by atoms with E-state index in [1.165, 1.54) is 10.6 Å². The molecule has 0 fully saturated rings. The molecule has 17 heavy (non-hydrogen) atoms. The number of aromatic nitrogens is 1. The minimum Gasteiger partial charge on any atom is -0.507 e. The largest absolute Gasteiger partial charge is 0.507 e. The molecule has 0 radical (unpaired) electrons. The highest BCUT2D eigenvalue weighted by Crippen LogP contribution is 2.15. The van der Waals surface area contributed by atoms with Crippen LogP contribution in [0.5, 0.6) is 5.75 Å². The summed E-state index contributed by atoms with van der Waals surface area (Å²) in [6, 6.07) is 1.31. The van der Waals surface area contributed by atoms with E-state index in [0.717, 1.165) is 0 Å². The van der Waals surface area contributed by atoms with E-state index in [1.807, 2.05) is 0 Å². The standard InChI is InChI=1S/C12H13NO4/c1-4-6-13-8(3)7-9(14)10(11(13)15)12(16)17-5-2/h1,7,14H,5-6H2,2-3H3. The lowest BCUT2D eigenvalue weighted by atomic mass is 10.2. The van der Waals surface area contributed by atoms with Gasteiger partial charge in [-0.05, 0) is 13.8 Å². The summed E-state index contributed by atoms with van der Waals surface area (Å²) < 4.78 is 5.93. The van der Waals surface area contributed by atoms with Crippen molar-refractivity contribution in [3.63, 3.8) is 0 Å². The molecular formula is C12H13NO4. The molecule has 1 N–H and O–H groups in total. The first kappa shape index (κ1) is 12.8. The van der Waals surface area contributed by atoms with Gasteiger partial charge in [-0.3, -0.25) is 4.79 Å². The van der Waals surface area contributed by atoms with Crippen LogP contribution in [0.1, 0.15) is 23.0 Å². The van der Waals surface area contributed by atoms with Crippen LogP contribution in [0.3, 0.4) is 0 Å². The summed E-state index contributed by atoms with van der Waals surface area (Å²) in [7, 11) is 0. The number of hydrogen-bond acceptors (Lipinski definition) is 4. The maximum Gasteiger partial charge on any atom is 0.347 e. The zero-order chi connectivity index (χ0) is 13.0. The Labute approximate surface area is 98.6 Å². The van der Waals surface area contributed by atoms with Crippen molar-refractivity contribution in [1.82, 2.24) is 4.57 Å². The highest BCUT2D eigenvalue weighted by molar-refractivity contribution is 5.92. The number of hydrogen-bond donors (Lipinski definition) is 1. The fourth-order valence-electron chi connectivity index (χ4n) is 1.44. The van der Waals surface area contributed by atoms with Crippen molar-refractivity contribution in [2.24, 2.45) is 0 Å². The Kier molecular flexibility index (Phi) is 3.94. The van der Waals surface area contributed by atoms with Crippen LogP contribution in [0.15, 0.2) is 10.9 Å². The quantitative estimate of drug-likeness (QED) is 0.617. The minimum absolute atomic E-state index is 0.0390. The van der Waals surface area contributed by atoms with Gasteiger partial charge < -0.3 is 14.4 Å². The van der Waals surface area contributed by atoms with Crippen molar-refractivity contribution in [3.8, 4) is 18.1 Å². The number of aryl methyl sites for hydroxylation is 1. The Morgan fingerprint density at radius 2 is 2.29 bits per heavy atom. The number of aromatic hydroxyl groups is 1. The van der Waals surface area contributed by atoms with Crippen LogP contribution in [0.25, 0.3) is 0 Å². The molecule has 0 amide bonds. The van der Waals surface area contributed by atoms with Crippen LogP contribution in [0.4, 0.5) is 0 Å². The third-order valence-corrected chi connectivity index (χ3v) is 2.22. The van der Waals surface area contributed by atoms with Crippen LogP contribution in [0, 0.1) is 19.3 Å². The Bertz CT molecular complexity index is 537. The van der Waals surface area contributed by atoms with Gasteiger partial charge in [0.2, 0.25) is 0 Å². The van der Waals surface area contributed by atoms with E-state index < -0.39 is 11.5 Å². The van der Waals surface area contributed by atoms with Crippen molar-refractivity contribution in [2.75, 3.05) is 6.61 Å². The Balaban J connectivity index is 3.42. The molecule has 0 aliphatic rings. The topological polar surface area (TPSA) is 68.5 Å². The van der Waals surface area contributed by atoms with E-state index in [2.05, 4.69) is 5.92 Å². The van der Waals surface area contributed by atoms with Gasteiger partial charge in [-0.15, -0.1) is 6.42 Å². The molecular weight excluding hydrogens is 222 g/mol. The molecule has 0 bridgehead atoms. The Morgan fingerprint density at radius 3 is 2.82 bits per heavy atom. The van der Waals surface area contributed by atoms with E-state index >= 15 is 0 Å². The number of terminal acetylenes is 1. The molecule has 1 aromatic heterocycles. The summed E-state index contributed by atoms with van der Waals surface area (Å²) in [5.41, 5.74) is -0.537. The number of rotatable bonds is 3. The third kappa shape index (κ3) is 2.48. The first-order chi connectivity index (χ1) is 8.02. The summed E-state index contributed by atoms with van der Waals surface area (Å²) in [5.74, 6) is 1.08. The highest BCUT2D eigenvalue weighted by atomic mass is 16.5. The normalized spacial score (nSPS) is 9.71. The predicted octanol–water partition coefficient (Wildman–Crippen LogP) is 0.672. The summed E-state index contributed by atoms with van der Waals surface area (Å²) in [6.07, 6.45) is 5.13. The fourth-order valence-corrected chi connectivity index (χ4v) is 1.44. The lowest BCUT2D eigenvalue weighted by Gasteiger charge is -2.10. The molecule has 1 aromatic rings. The molecule has 1 heterocycles. The molecule has 5 heteroatoms. The smallest absolute Gasteiger partial charge is 0.347 e. The summed E-state index contributed by atoms with van der Waals surface area (Å²) in [4.78, 5) is 23.4. The van der Waals surface area contributed by atoms with E-state index in [-0.39, 0.29) is 24.5 Å². The van der Waals surface area contributed by atoms with Crippen molar-refractivity contribution in [1.29, 1.82) is 0 Å². The average Bonchev–Trinajstić information content (AvgIpc) is 2.24. The van der Waals surface area contributed by atoms with Gasteiger partial charge in [-0.2, -0.15) is 0 Å². The summed E-state index contributed by atoms with van der Waals surface area (Å²) >= 11 is 0. The molecule has 0 saturated heterocycles. The molecule has 0 aliphatic carbocycles. The van der Waals surface area contributed by atoms with Gasteiger partial charge in [0.15, 0.2) is 5.56 Å². The van der Waals surface area contributed by atoms with Crippen molar-refractivity contribution >= 4 is 5.97 Å². The van der Waals surface area contributed by atoms with Gasteiger partial charge in [0.05, 0.1) is 13.2 Å². The number of nitrogens with zero attached hydrogens (tertiary/aromatic N) is 1. The molecule has 0 aliphatic heterocycles. The van der Waals surface area contributed by atoms with E-state index in [1.54, 1.807) is 13.8 Å².